The largest absolute Gasteiger partial charge is 0.481 e. The maximum absolute atomic E-state index is 13.1. The van der Waals surface area contributed by atoms with Crippen LogP contribution >= 0.6 is 0 Å². The molecule has 1 fully saturated rings. The summed E-state index contributed by atoms with van der Waals surface area (Å²) < 4.78 is 91.8. The van der Waals surface area contributed by atoms with E-state index in [1.807, 2.05) is 53.7 Å². The highest BCUT2D eigenvalue weighted by molar-refractivity contribution is 5.70. The van der Waals surface area contributed by atoms with Crippen LogP contribution in [0, 0.1) is 27.7 Å². The summed E-state index contributed by atoms with van der Waals surface area (Å²) in [5.74, 6) is 1.57. The van der Waals surface area contributed by atoms with Gasteiger partial charge >= 0.3 is 12.4 Å². The highest BCUT2D eigenvalue weighted by atomic mass is 19.4. The van der Waals surface area contributed by atoms with E-state index in [1.165, 1.54) is 31.4 Å². The standard InChI is InChI=1S/2C15H12F3N3.C11H15N3O2.C7H8N2O2.C2H6/c2*1-9-10(2)20-21-8-7-13(19-14(9)21)11-5-3-4-6-12(11)15(16,17)18;15-9-12-11-3-1-2-10(13-11)8-14-4-6-16-7-5-14;1-11-7-4-2-3-6(9-7)8-5-10;1-2/h2*3-8H,1-2H3;1-3,9H,4-8H2,(H,12,13,15);2-5H,1H3,(H,8,9,10);1-2H3. The normalized spacial score (nSPS) is 12.4. The van der Waals surface area contributed by atoms with Crippen LogP contribution in [0.15, 0.2) is 109 Å². The van der Waals surface area contributed by atoms with Crippen molar-refractivity contribution in [1.29, 1.82) is 0 Å². The van der Waals surface area contributed by atoms with Crippen molar-refractivity contribution < 1.29 is 45.4 Å². The molecule has 15 nitrogen and oxygen atoms in total. The number of amides is 2. The maximum atomic E-state index is 13.1. The molecule has 0 unspecified atom stereocenters. The number of nitrogens with zero attached hydrogens (tertiary/aromatic N) is 9. The zero-order chi connectivity index (χ0) is 51.7. The van der Waals surface area contributed by atoms with Gasteiger partial charge in [0.05, 0.1) is 59.9 Å². The van der Waals surface area contributed by atoms with E-state index in [4.69, 9.17) is 9.47 Å². The first kappa shape index (κ1) is 54.2. The molecule has 0 spiro atoms. The molecule has 0 saturated carbocycles. The van der Waals surface area contributed by atoms with Gasteiger partial charge in [0.1, 0.15) is 11.6 Å². The SMILES string of the molecule is CC.COc1cccc(NC=O)n1.Cc1nn2ccc(-c3ccccc3C(F)(F)F)nc2c1C.Cc1nn2ccc(-c3ccccc3C(F)(F)F)nc2c1C.O=CNc1cccc(CN2CCOCC2)n1. The van der Waals surface area contributed by atoms with Crippen molar-refractivity contribution >= 4 is 35.8 Å². The summed E-state index contributed by atoms with van der Waals surface area (Å²) >= 11 is 0. The van der Waals surface area contributed by atoms with Crippen LogP contribution in [-0.2, 0) is 33.2 Å². The lowest BCUT2D eigenvalue weighted by molar-refractivity contribution is -0.137. The molecule has 1 aliphatic heterocycles. The molecular weight excluding hydrogens is 933 g/mol. The van der Waals surface area contributed by atoms with Gasteiger partial charge in [0.2, 0.25) is 18.7 Å². The average molecular weight is 986 g/mol. The van der Waals surface area contributed by atoms with Crippen molar-refractivity contribution in [2.45, 2.75) is 60.4 Å². The van der Waals surface area contributed by atoms with Crippen molar-refractivity contribution in [3.63, 3.8) is 0 Å². The molecule has 2 aromatic carbocycles. The number of rotatable bonds is 9. The summed E-state index contributed by atoms with van der Waals surface area (Å²) in [4.78, 5) is 39.5. The number of alkyl halides is 6. The lowest BCUT2D eigenvalue weighted by Crippen LogP contribution is -2.35. The second-order valence-corrected chi connectivity index (χ2v) is 15.2. The smallest absolute Gasteiger partial charge is 0.417 e. The Hall–Kier alpha value is -7.78. The van der Waals surface area contributed by atoms with Crippen LogP contribution in [0.3, 0.4) is 0 Å². The highest BCUT2D eigenvalue weighted by Crippen LogP contribution is 2.38. The first-order valence-electron chi connectivity index (χ1n) is 22.2. The number of ether oxygens (including phenoxy) is 2. The molecule has 9 rings (SSSR count). The summed E-state index contributed by atoms with van der Waals surface area (Å²) in [6.07, 6.45) is -4.34. The van der Waals surface area contributed by atoms with Crippen LogP contribution < -0.4 is 15.4 Å². The Kier molecular flexibility index (Phi) is 19.2. The van der Waals surface area contributed by atoms with Crippen LogP contribution in [0.5, 0.6) is 5.88 Å². The summed E-state index contributed by atoms with van der Waals surface area (Å²) in [6, 6.07) is 24.7. The van der Waals surface area contributed by atoms with Gasteiger partial charge in [-0.05, 0) is 70.2 Å². The van der Waals surface area contributed by atoms with Gasteiger partial charge in [-0.25, -0.2) is 24.0 Å². The quantitative estimate of drug-likeness (QED) is 0.104. The van der Waals surface area contributed by atoms with Crippen molar-refractivity contribution in [2.75, 3.05) is 44.0 Å². The molecule has 2 amide bonds. The zero-order valence-corrected chi connectivity index (χ0v) is 40.0. The van der Waals surface area contributed by atoms with E-state index in [-0.39, 0.29) is 11.1 Å². The summed E-state index contributed by atoms with van der Waals surface area (Å²) in [7, 11) is 1.52. The summed E-state index contributed by atoms with van der Waals surface area (Å²) in [5.41, 5.74) is 4.81. The number of aryl methyl sites for hydroxylation is 4. The molecule has 0 atom stereocenters. The number of aromatic nitrogens is 8. The van der Waals surface area contributed by atoms with E-state index < -0.39 is 23.5 Å². The van der Waals surface area contributed by atoms with E-state index in [0.717, 1.165) is 73.2 Å². The number of nitrogens with one attached hydrogen (secondary N) is 2. The molecule has 21 heteroatoms. The fourth-order valence-electron chi connectivity index (χ4n) is 6.87. The molecule has 2 N–H and O–H groups in total. The fraction of sp³-hybridized carbons (Fsp3) is 0.280. The number of carbonyl (C=O) groups excluding carboxylic acids is 2. The third-order valence-electron chi connectivity index (χ3n) is 10.6. The van der Waals surface area contributed by atoms with Crippen molar-refractivity contribution in [3.8, 4) is 28.4 Å². The van der Waals surface area contributed by atoms with Crippen molar-refractivity contribution in [3.05, 3.63) is 149 Å². The second-order valence-electron chi connectivity index (χ2n) is 15.2. The van der Waals surface area contributed by atoms with Gasteiger partial charge < -0.3 is 20.1 Å². The van der Waals surface area contributed by atoms with Gasteiger partial charge in [0.25, 0.3) is 0 Å². The Morgan fingerprint density at radius 3 is 1.51 bits per heavy atom. The average Bonchev–Trinajstić information content (AvgIpc) is 3.83. The van der Waals surface area contributed by atoms with Gasteiger partial charge in [-0.3, -0.25) is 14.5 Å². The molecule has 7 heterocycles. The van der Waals surface area contributed by atoms with Crippen LogP contribution in [0.1, 0.15) is 53.2 Å². The van der Waals surface area contributed by atoms with E-state index >= 15 is 0 Å². The number of methoxy groups -OCH3 is 1. The van der Waals surface area contributed by atoms with Gasteiger partial charge in [0.15, 0.2) is 11.3 Å². The topological polar surface area (TPSA) is 166 Å². The molecular formula is C50H53F6N11O4. The minimum atomic E-state index is -4.41. The number of carbonyl (C=O) groups is 2. The molecule has 374 valence electrons. The number of benzene rings is 2. The van der Waals surface area contributed by atoms with E-state index in [9.17, 15) is 35.9 Å². The highest BCUT2D eigenvalue weighted by Gasteiger charge is 2.34. The molecule has 0 bridgehead atoms. The number of pyridine rings is 2. The molecule has 1 saturated heterocycles. The molecule has 0 aliphatic carbocycles. The first-order chi connectivity index (χ1) is 34.0. The van der Waals surface area contributed by atoms with Crippen LogP contribution in [-0.4, -0.2) is 90.3 Å². The monoisotopic (exact) mass is 985 g/mol. The third-order valence-corrected chi connectivity index (χ3v) is 10.6. The molecule has 1 aliphatic rings. The Labute approximate surface area is 405 Å². The minimum Gasteiger partial charge on any atom is -0.481 e. The van der Waals surface area contributed by atoms with Crippen LogP contribution in [0.4, 0.5) is 38.0 Å². The van der Waals surface area contributed by atoms with Gasteiger partial charge in [0, 0.05) is 60.3 Å². The number of anilines is 2. The van der Waals surface area contributed by atoms with Gasteiger partial charge in [-0.15, -0.1) is 0 Å². The maximum Gasteiger partial charge on any atom is 0.417 e. The Morgan fingerprint density at radius 2 is 1.06 bits per heavy atom. The van der Waals surface area contributed by atoms with E-state index in [0.29, 0.717) is 53.0 Å². The molecule has 71 heavy (non-hydrogen) atoms. The number of halogens is 6. The van der Waals surface area contributed by atoms with E-state index in [2.05, 4.69) is 45.7 Å². The van der Waals surface area contributed by atoms with Crippen LogP contribution in [0.2, 0.25) is 0 Å². The Morgan fingerprint density at radius 1 is 0.606 bits per heavy atom. The molecule has 6 aromatic heterocycles. The van der Waals surface area contributed by atoms with Gasteiger partial charge in [-0.1, -0.05) is 62.4 Å². The second kappa shape index (κ2) is 25.2. The molecule has 8 aromatic rings. The third kappa shape index (κ3) is 14.6. The Bertz CT molecular complexity index is 2870. The predicted octanol–water partition coefficient (Wildman–Crippen LogP) is 10.2. The number of fused-ring (bicyclic) bond motifs is 2. The van der Waals surface area contributed by atoms with E-state index in [1.54, 1.807) is 70.0 Å². The lowest BCUT2D eigenvalue weighted by atomic mass is 10.0. The number of hydrogen-bond donors (Lipinski definition) is 2. The number of hydrogen-bond acceptors (Lipinski definition) is 11. The predicted molar refractivity (Wildman–Crippen MR) is 258 cm³/mol. The summed E-state index contributed by atoms with van der Waals surface area (Å²) in [5, 5.41) is 13.5. The fourth-order valence-corrected chi connectivity index (χ4v) is 6.87. The minimum absolute atomic E-state index is 0.0748. The zero-order valence-electron chi connectivity index (χ0n) is 40.0. The Balaban J connectivity index is 0.000000178. The van der Waals surface area contributed by atoms with Crippen molar-refractivity contribution in [2.24, 2.45) is 0 Å². The van der Waals surface area contributed by atoms with Crippen LogP contribution in [0.25, 0.3) is 33.8 Å². The number of morpholine rings is 1. The molecule has 0 radical (unpaired) electrons. The van der Waals surface area contributed by atoms with Gasteiger partial charge in [-0.2, -0.15) is 41.5 Å². The lowest BCUT2D eigenvalue weighted by Gasteiger charge is -2.26. The first-order valence-corrected chi connectivity index (χ1v) is 22.2. The van der Waals surface area contributed by atoms with Crippen molar-refractivity contribution in [1.82, 2.24) is 44.1 Å². The summed E-state index contributed by atoms with van der Waals surface area (Å²) in [6.45, 7) is 15.6.